The summed E-state index contributed by atoms with van der Waals surface area (Å²) in [5.41, 5.74) is 0. The Morgan fingerprint density at radius 3 is 2.43 bits per heavy atom. The van der Waals surface area contributed by atoms with Crippen molar-refractivity contribution in [3.05, 3.63) is 30.3 Å². The van der Waals surface area contributed by atoms with Crippen LogP contribution in [-0.4, -0.2) is 36.3 Å². The average Bonchev–Trinajstić information content (AvgIpc) is 2.46. The number of rotatable bonds is 5. The highest BCUT2D eigenvalue weighted by atomic mass is 32.1. The topological polar surface area (TPSA) is 65.1 Å². The van der Waals surface area contributed by atoms with Crippen LogP contribution >= 0.6 is 12.9 Å². The van der Waals surface area contributed by atoms with Gasteiger partial charge in [-0.15, -0.1) is 0 Å². The smallest absolute Gasteiger partial charge is 0.430 e. The molecule has 0 N–H and O–H groups in total. The van der Waals surface area contributed by atoms with E-state index in [1.165, 1.54) is 4.90 Å². The van der Waals surface area contributed by atoms with Crippen molar-refractivity contribution < 1.29 is 23.2 Å². The van der Waals surface area contributed by atoms with Gasteiger partial charge in [0.25, 0.3) is 0 Å². The van der Waals surface area contributed by atoms with E-state index in [0.717, 1.165) is 0 Å². The highest BCUT2D eigenvalue weighted by Gasteiger charge is 2.21. The molecule has 21 heavy (non-hydrogen) atoms. The number of benzene rings is 1. The lowest BCUT2D eigenvalue weighted by atomic mass is 10.1. The first-order chi connectivity index (χ1) is 9.93. The molecule has 1 aromatic carbocycles. The molecule has 1 aromatic rings. The number of hydrogen-bond acceptors (Lipinski definition) is 6. The molecule has 0 heterocycles. The number of nitrogens with zero attached hydrogens (tertiary/aromatic N) is 1. The third-order valence-electron chi connectivity index (χ3n) is 2.94. The van der Waals surface area contributed by atoms with E-state index in [1.54, 1.807) is 38.2 Å². The van der Waals surface area contributed by atoms with Gasteiger partial charge in [0.05, 0.1) is 0 Å². The van der Waals surface area contributed by atoms with Gasteiger partial charge < -0.3 is 18.6 Å². The van der Waals surface area contributed by atoms with Crippen molar-refractivity contribution in [2.24, 2.45) is 0 Å². The van der Waals surface area contributed by atoms with Crippen LogP contribution in [0.2, 0.25) is 0 Å². The van der Waals surface area contributed by atoms with E-state index in [-0.39, 0.29) is 6.04 Å². The highest BCUT2D eigenvalue weighted by Crippen LogP contribution is 2.13. The number of thiol groups is 1. The van der Waals surface area contributed by atoms with Crippen molar-refractivity contribution in [2.75, 3.05) is 7.05 Å². The van der Waals surface area contributed by atoms with Crippen LogP contribution in [0.1, 0.15) is 20.3 Å². The predicted octanol–water partition coefficient (Wildman–Crippen LogP) is 3.28. The van der Waals surface area contributed by atoms with Crippen LogP contribution in [0.5, 0.6) is 5.75 Å². The van der Waals surface area contributed by atoms with E-state index in [2.05, 4.69) is 17.1 Å². The minimum absolute atomic E-state index is 0.177. The first-order valence-electron chi connectivity index (χ1n) is 6.45. The van der Waals surface area contributed by atoms with Crippen LogP contribution in [0.3, 0.4) is 0 Å². The van der Waals surface area contributed by atoms with Gasteiger partial charge in [-0.25, -0.2) is 9.59 Å². The van der Waals surface area contributed by atoms with Crippen LogP contribution in [0, 0.1) is 0 Å². The zero-order valence-electron chi connectivity index (χ0n) is 12.2. The molecule has 0 spiro atoms. The summed E-state index contributed by atoms with van der Waals surface area (Å²) in [6.45, 7) is 3.54. The molecule has 7 heteroatoms. The summed E-state index contributed by atoms with van der Waals surface area (Å²) in [4.78, 5) is 24.3. The maximum absolute atomic E-state index is 12.0. The molecule has 6 nitrogen and oxygen atoms in total. The van der Waals surface area contributed by atoms with Crippen LogP contribution in [-0.2, 0) is 8.92 Å². The van der Waals surface area contributed by atoms with Crippen molar-refractivity contribution >= 4 is 25.2 Å². The zero-order chi connectivity index (χ0) is 15.8. The van der Waals surface area contributed by atoms with Crippen LogP contribution in [0.4, 0.5) is 9.59 Å². The molecule has 1 amide bonds. The predicted molar refractivity (Wildman–Crippen MR) is 80.3 cm³/mol. The molecule has 116 valence electrons. The summed E-state index contributed by atoms with van der Waals surface area (Å²) in [7, 11) is 1.62. The highest BCUT2D eigenvalue weighted by molar-refractivity contribution is 7.75. The zero-order valence-corrected chi connectivity index (χ0v) is 13.1. The summed E-state index contributed by atoms with van der Waals surface area (Å²) in [5.74, 6) is 0.476. The summed E-state index contributed by atoms with van der Waals surface area (Å²) in [6, 6.07) is 8.62. The molecule has 0 bridgehead atoms. The minimum Gasteiger partial charge on any atom is -0.430 e. The van der Waals surface area contributed by atoms with Crippen molar-refractivity contribution in [2.45, 2.75) is 32.4 Å². The second-order valence-electron chi connectivity index (χ2n) is 4.65. The fraction of sp³-hybridized carbons (Fsp3) is 0.429. The molecule has 1 rings (SSSR count). The Balaban J connectivity index is 2.47. The second kappa shape index (κ2) is 8.41. The molecule has 2 atom stereocenters. The fourth-order valence-electron chi connectivity index (χ4n) is 1.71. The van der Waals surface area contributed by atoms with Gasteiger partial charge in [-0.3, -0.25) is 0 Å². The summed E-state index contributed by atoms with van der Waals surface area (Å²) >= 11 is 3.35. The van der Waals surface area contributed by atoms with Crippen molar-refractivity contribution in [3.8, 4) is 5.75 Å². The van der Waals surface area contributed by atoms with E-state index in [9.17, 15) is 9.59 Å². The largest absolute Gasteiger partial charge is 0.520 e. The average molecular weight is 313 g/mol. The van der Waals surface area contributed by atoms with Gasteiger partial charge >= 0.3 is 12.2 Å². The van der Waals surface area contributed by atoms with E-state index in [1.807, 2.05) is 13.0 Å². The number of carbonyl (C=O) groups excluding carboxylic acids is 2. The van der Waals surface area contributed by atoms with Crippen molar-refractivity contribution in [1.82, 2.24) is 4.90 Å². The second-order valence-corrected chi connectivity index (χ2v) is 4.83. The van der Waals surface area contributed by atoms with Crippen molar-refractivity contribution in [1.29, 1.82) is 0 Å². The number of carbonyl (C=O) groups is 2. The molecule has 2 unspecified atom stereocenters. The standard InChI is InChI=1S/C14H19NO5S/c1-10(9-11(2)18-14(17)20-21)15(3)13(16)19-12-7-5-4-6-8-12/h4-8,10-11,21H,9H2,1-3H3. The Labute approximate surface area is 129 Å². The number of hydrogen-bond donors (Lipinski definition) is 1. The first kappa shape index (κ1) is 17.2. The Morgan fingerprint density at radius 2 is 1.86 bits per heavy atom. The van der Waals surface area contributed by atoms with Crippen LogP contribution in [0.15, 0.2) is 30.3 Å². The normalized spacial score (nSPS) is 13.0. The summed E-state index contributed by atoms with van der Waals surface area (Å²) in [6.07, 6.45) is -1.31. The Morgan fingerprint density at radius 1 is 1.24 bits per heavy atom. The molecule has 0 aromatic heterocycles. The van der Waals surface area contributed by atoms with Gasteiger partial charge in [0.1, 0.15) is 11.9 Å². The lowest BCUT2D eigenvalue weighted by Gasteiger charge is -2.26. The third-order valence-corrected chi connectivity index (χ3v) is 3.09. The van der Waals surface area contributed by atoms with E-state index < -0.39 is 18.4 Å². The van der Waals surface area contributed by atoms with Gasteiger partial charge in [-0.05, 0) is 26.0 Å². The van der Waals surface area contributed by atoms with Crippen molar-refractivity contribution in [3.63, 3.8) is 0 Å². The Bertz CT molecular complexity index is 468. The van der Waals surface area contributed by atoms with Gasteiger partial charge in [0, 0.05) is 32.4 Å². The van der Waals surface area contributed by atoms with Crippen LogP contribution < -0.4 is 4.74 Å². The van der Waals surface area contributed by atoms with E-state index >= 15 is 0 Å². The maximum Gasteiger partial charge on any atom is 0.520 e. The number of para-hydroxylation sites is 1. The number of amides is 1. The molecule has 0 saturated heterocycles. The van der Waals surface area contributed by atoms with E-state index in [0.29, 0.717) is 12.2 Å². The molecule has 0 aliphatic heterocycles. The monoisotopic (exact) mass is 313 g/mol. The van der Waals surface area contributed by atoms with Crippen LogP contribution in [0.25, 0.3) is 0 Å². The summed E-state index contributed by atoms with van der Waals surface area (Å²) < 4.78 is 14.2. The van der Waals surface area contributed by atoms with Gasteiger partial charge in [0.15, 0.2) is 0 Å². The molecule has 0 aliphatic carbocycles. The Kier molecular flexibility index (Phi) is 6.87. The SMILES string of the molecule is CC(CC(C)N(C)C(=O)Oc1ccccc1)OC(=O)OS. The molecule has 0 saturated carbocycles. The Hall–Kier alpha value is -1.89. The quantitative estimate of drug-likeness (QED) is 0.513. The van der Waals surface area contributed by atoms with E-state index in [4.69, 9.17) is 9.47 Å². The molecule has 0 fully saturated rings. The molecule has 0 radical (unpaired) electrons. The maximum atomic E-state index is 12.0. The van der Waals surface area contributed by atoms with Gasteiger partial charge in [-0.1, -0.05) is 18.2 Å². The third kappa shape index (κ3) is 5.95. The minimum atomic E-state index is -0.868. The summed E-state index contributed by atoms with van der Waals surface area (Å²) in [5, 5.41) is 0. The lowest BCUT2D eigenvalue weighted by Crippen LogP contribution is -2.39. The van der Waals surface area contributed by atoms with Gasteiger partial charge in [0.2, 0.25) is 0 Å². The fourth-order valence-corrected chi connectivity index (χ4v) is 1.76. The first-order valence-corrected chi connectivity index (χ1v) is 6.82. The molecular weight excluding hydrogens is 294 g/mol. The van der Waals surface area contributed by atoms with Gasteiger partial charge in [-0.2, -0.15) is 0 Å². The number of ether oxygens (including phenoxy) is 2. The molecular formula is C14H19NO5S. The lowest BCUT2D eigenvalue weighted by molar-refractivity contribution is 0.0569. The molecule has 0 aliphatic rings.